The lowest BCUT2D eigenvalue weighted by atomic mass is 10.00. The van der Waals surface area contributed by atoms with Crippen LogP contribution in [0.25, 0.3) is 49.0 Å². The summed E-state index contributed by atoms with van der Waals surface area (Å²) < 4.78 is 4.84. The molecule has 0 saturated carbocycles. The van der Waals surface area contributed by atoms with Crippen LogP contribution in [-0.2, 0) is 7.05 Å². The molecule has 0 saturated heterocycles. The smallest absolute Gasteiger partial charge is 0.224 e. The predicted molar refractivity (Wildman–Crippen MR) is 128 cm³/mol. The van der Waals surface area contributed by atoms with E-state index >= 15 is 0 Å². The first-order valence-corrected chi connectivity index (χ1v) is 13.9. The molecule has 0 aliphatic carbocycles. The molecule has 0 aliphatic heterocycles. The van der Waals surface area contributed by atoms with E-state index in [2.05, 4.69) is 103 Å². The van der Waals surface area contributed by atoms with Crippen LogP contribution >= 0.6 is 0 Å². The fourth-order valence-electron chi connectivity index (χ4n) is 5.30. The number of rotatable bonds is 1. The molecule has 0 unspecified atom stereocenters. The summed E-state index contributed by atoms with van der Waals surface area (Å²) in [7, 11) is 0.634. The van der Waals surface area contributed by atoms with E-state index in [1.807, 2.05) is 0 Å². The molecule has 0 spiro atoms. The summed E-state index contributed by atoms with van der Waals surface area (Å²) >= 11 is 0. The highest BCUT2D eigenvalue weighted by Gasteiger charge is 2.29. The number of hydrogen-bond acceptors (Lipinski definition) is 0. The Kier molecular flexibility index (Phi) is 3.14. The van der Waals surface area contributed by atoms with Gasteiger partial charge in [-0.05, 0) is 35.2 Å². The Balaban J connectivity index is 2.13. The predicted octanol–water partition coefficient (Wildman–Crippen LogP) is 5.67. The van der Waals surface area contributed by atoms with Crippen LogP contribution in [0.2, 0.25) is 19.6 Å². The maximum atomic E-state index is 2.53. The molecule has 3 heteroatoms. The number of aromatic nitrogens is 2. The van der Waals surface area contributed by atoms with Crippen LogP contribution in [-0.4, -0.2) is 12.5 Å². The quantitative estimate of drug-likeness (QED) is 0.147. The summed E-state index contributed by atoms with van der Waals surface area (Å²) in [5, 5.41) is 8.52. The Hall–Kier alpha value is -2.91. The van der Waals surface area contributed by atoms with E-state index in [1.165, 1.54) is 54.6 Å². The summed E-state index contributed by atoms with van der Waals surface area (Å²) in [6, 6.07) is 20.5. The van der Waals surface area contributed by atoms with Crippen molar-refractivity contribution in [2.75, 3.05) is 0 Å². The monoisotopic (exact) mass is 393 g/mol. The van der Waals surface area contributed by atoms with Crippen molar-refractivity contribution >= 4 is 62.3 Å². The minimum Gasteiger partial charge on any atom is -0.307 e. The van der Waals surface area contributed by atoms with Gasteiger partial charge in [0, 0.05) is 16.8 Å². The molecule has 0 N–H and O–H groups in total. The van der Waals surface area contributed by atoms with E-state index in [1.54, 1.807) is 5.19 Å². The average Bonchev–Trinajstić information content (AvgIpc) is 3.03. The van der Waals surface area contributed by atoms with Gasteiger partial charge < -0.3 is 4.40 Å². The van der Waals surface area contributed by atoms with E-state index in [-0.39, 0.29) is 0 Å². The topological polar surface area (TPSA) is 8.29 Å². The summed E-state index contributed by atoms with van der Waals surface area (Å²) in [6.07, 6.45) is 2.23. The maximum Gasteiger partial charge on any atom is 0.224 e. The van der Waals surface area contributed by atoms with Crippen LogP contribution in [0.1, 0.15) is 5.56 Å². The summed E-state index contributed by atoms with van der Waals surface area (Å²) in [6.45, 7) is 9.64. The van der Waals surface area contributed by atoms with Crippen molar-refractivity contribution in [3.8, 4) is 0 Å². The molecule has 6 aromatic rings. The highest BCUT2D eigenvalue weighted by atomic mass is 28.3. The fourth-order valence-corrected chi connectivity index (χ4v) is 6.89. The lowest BCUT2D eigenvalue weighted by molar-refractivity contribution is -0.643. The molecule has 3 aromatic heterocycles. The number of benzene rings is 3. The second kappa shape index (κ2) is 5.36. The van der Waals surface area contributed by atoms with E-state index < -0.39 is 8.07 Å². The Morgan fingerprint density at radius 2 is 1.59 bits per heavy atom. The fraction of sp³-hybridized carbons (Fsp3) is 0.192. The molecule has 0 atom stereocenters. The summed E-state index contributed by atoms with van der Waals surface area (Å²) in [5.41, 5.74) is 6.69. The SMILES string of the molecule is Cc1cccc2c1c1c3c(cc[n+]1C)cc([Si](C)(C)C)c1c4ccccc4n2c13. The third-order valence-corrected chi connectivity index (χ3v) is 8.58. The first-order chi connectivity index (χ1) is 13.9. The van der Waals surface area contributed by atoms with Crippen molar-refractivity contribution in [1.29, 1.82) is 0 Å². The maximum absolute atomic E-state index is 2.53. The van der Waals surface area contributed by atoms with E-state index in [0.717, 1.165) is 0 Å². The number of nitrogens with zero attached hydrogens (tertiary/aromatic N) is 2. The van der Waals surface area contributed by atoms with Crippen LogP contribution < -0.4 is 9.75 Å². The van der Waals surface area contributed by atoms with Crippen LogP contribution in [0, 0.1) is 6.92 Å². The highest BCUT2D eigenvalue weighted by molar-refractivity contribution is 6.91. The lowest BCUT2D eigenvalue weighted by Gasteiger charge is -2.21. The van der Waals surface area contributed by atoms with Gasteiger partial charge in [0.2, 0.25) is 5.52 Å². The van der Waals surface area contributed by atoms with Crippen molar-refractivity contribution in [2.45, 2.75) is 26.6 Å². The van der Waals surface area contributed by atoms with Crippen molar-refractivity contribution < 1.29 is 4.57 Å². The number of pyridine rings is 2. The van der Waals surface area contributed by atoms with Crippen LogP contribution in [0.4, 0.5) is 0 Å². The minimum atomic E-state index is -1.55. The summed E-state index contributed by atoms with van der Waals surface area (Å²) in [5.74, 6) is 0. The zero-order valence-electron chi connectivity index (χ0n) is 17.7. The summed E-state index contributed by atoms with van der Waals surface area (Å²) in [4.78, 5) is 0. The van der Waals surface area contributed by atoms with Gasteiger partial charge in [-0.15, -0.1) is 0 Å². The molecule has 0 radical (unpaired) electrons. The van der Waals surface area contributed by atoms with Gasteiger partial charge in [-0.1, -0.05) is 56.0 Å². The van der Waals surface area contributed by atoms with Gasteiger partial charge in [0.1, 0.15) is 7.05 Å². The Bertz CT molecular complexity index is 1600. The molecule has 0 aliphatic rings. The zero-order valence-corrected chi connectivity index (χ0v) is 18.7. The minimum absolute atomic E-state index is 1.31. The van der Waals surface area contributed by atoms with Crippen molar-refractivity contribution in [3.63, 3.8) is 0 Å². The third kappa shape index (κ3) is 2.03. The van der Waals surface area contributed by atoms with Gasteiger partial charge >= 0.3 is 0 Å². The second-order valence-corrected chi connectivity index (χ2v) is 14.5. The normalized spacial score (nSPS) is 13.0. The Morgan fingerprint density at radius 1 is 0.828 bits per heavy atom. The first-order valence-electron chi connectivity index (χ1n) is 10.4. The van der Waals surface area contributed by atoms with E-state index in [4.69, 9.17) is 0 Å². The molecule has 3 aromatic carbocycles. The van der Waals surface area contributed by atoms with E-state index in [9.17, 15) is 0 Å². The molecule has 142 valence electrons. The average molecular weight is 394 g/mol. The molecule has 0 fully saturated rings. The number of aryl methyl sites for hydroxylation is 2. The first kappa shape index (κ1) is 17.0. The molecular formula is C26H25N2Si+. The van der Waals surface area contributed by atoms with Gasteiger partial charge in [0.15, 0.2) is 6.20 Å². The Labute approximate surface area is 171 Å². The molecule has 29 heavy (non-hydrogen) atoms. The standard InChI is InChI=1S/C26H25N2Si/c1-16-9-8-12-20-22(16)25-23-17(13-14-27(25)2)15-21(29(3,4)5)24-18-10-6-7-11-19(18)28(20)26(23)24/h6-15H,1-5H3/q+1. The van der Waals surface area contributed by atoms with Gasteiger partial charge in [-0.2, -0.15) is 0 Å². The molecule has 2 nitrogen and oxygen atoms in total. The van der Waals surface area contributed by atoms with Gasteiger partial charge in [0.25, 0.3) is 0 Å². The highest BCUT2D eigenvalue weighted by Crippen LogP contribution is 2.40. The zero-order chi connectivity index (χ0) is 20.1. The van der Waals surface area contributed by atoms with Crippen molar-refractivity contribution in [3.05, 3.63) is 66.4 Å². The molecule has 0 amide bonds. The molecular weight excluding hydrogens is 368 g/mol. The second-order valence-electron chi connectivity index (χ2n) is 9.46. The lowest BCUT2D eigenvalue weighted by Crippen LogP contribution is -2.38. The molecule has 3 heterocycles. The van der Waals surface area contributed by atoms with Crippen molar-refractivity contribution in [1.82, 2.24) is 4.40 Å². The van der Waals surface area contributed by atoms with Crippen LogP contribution in [0.3, 0.4) is 0 Å². The van der Waals surface area contributed by atoms with Gasteiger partial charge in [-0.3, -0.25) is 0 Å². The number of para-hydroxylation sites is 1. The van der Waals surface area contributed by atoms with Crippen LogP contribution in [0.5, 0.6) is 0 Å². The Morgan fingerprint density at radius 3 is 2.38 bits per heavy atom. The molecule has 6 rings (SSSR count). The van der Waals surface area contributed by atoms with Crippen molar-refractivity contribution in [2.24, 2.45) is 7.05 Å². The molecule has 0 bridgehead atoms. The van der Waals surface area contributed by atoms with Gasteiger partial charge in [0.05, 0.1) is 35.4 Å². The largest absolute Gasteiger partial charge is 0.307 e. The van der Waals surface area contributed by atoms with Gasteiger partial charge in [-0.25, -0.2) is 4.57 Å². The number of fused-ring (bicyclic) bond motifs is 6. The number of hydrogen-bond donors (Lipinski definition) is 0. The van der Waals surface area contributed by atoms with E-state index in [0.29, 0.717) is 0 Å². The van der Waals surface area contributed by atoms with Crippen LogP contribution in [0.15, 0.2) is 60.8 Å². The third-order valence-electron chi connectivity index (χ3n) is 6.57.